The summed E-state index contributed by atoms with van der Waals surface area (Å²) in [6.07, 6.45) is 4.28. The molecule has 0 bridgehead atoms. The molecule has 5 heteroatoms. The quantitative estimate of drug-likeness (QED) is 0.812. The van der Waals surface area contributed by atoms with Crippen LogP contribution in [0.3, 0.4) is 0 Å². The first kappa shape index (κ1) is 16.6. The van der Waals surface area contributed by atoms with Crippen LogP contribution >= 0.6 is 23.2 Å². The summed E-state index contributed by atoms with van der Waals surface area (Å²) in [7, 11) is 0. The molecule has 1 atom stereocenters. The molecular weight excluding hydrogens is 307 g/mol. The number of nitrogens with one attached hydrogen (secondary N) is 2. The second-order valence-electron chi connectivity index (χ2n) is 5.78. The van der Waals surface area contributed by atoms with Crippen molar-refractivity contribution >= 4 is 29.1 Å². The minimum absolute atomic E-state index is 0.0281. The van der Waals surface area contributed by atoms with Crippen LogP contribution in [0.1, 0.15) is 38.2 Å². The lowest BCUT2D eigenvalue weighted by atomic mass is 9.71. The van der Waals surface area contributed by atoms with E-state index in [1.807, 2.05) is 12.1 Å². The molecule has 1 aromatic carbocycles. The minimum Gasteiger partial charge on any atom is -0.356 e. The van der Waals surface area contributed by atoms with Crippen LogP contribution in [0.15, 0.2) is 18.2 Å². The van der Waals surface area contributed by atoms with Gasteiger partial charge in [0.1, 0.15) is 0 Å². The summed E-state index contributed by atoms with van der Waals surface area (Å²) in [6, 6.07) is 5.96. The average molecular weight is 329 g/mol. The van der Waals surface area contributed by atoms with Gasteiger partial charge in [-0.1, -0.05) is 29.3 Å². The summed E-state index contributed by atoms with van der Waals surface area (Å²) >= 11 is 12.2. The molecule has 1 aliphatic heterocycles. The third-order valence-corrected chi connectivity index (χ3v) is 4.95. The summed E-state index contributed by atoms with van der Waals surface area (Å²) in [4.78, 5) is 11.0. The molecule has 3 nitrogen and oxygen atoms in total. The van der Waals surface area contributed by atoms with Crippen molar-refractivity contribution in [1.29, 1.82) is 0 Å². The fraction of sp³-hybridized carbons (Fsp3) is 0.562. The Labute approximate surface area is 136 Å². The zero-order valence-electron chi connectivity index (χ0n) is 12.3. The van der Waals surface area contributed by atoms with E-state index in [1.165, 1.54) is 5.56 Å². The molecule has 1 heterocycles. The molecule has 1 aromatic rings. The zero-order valence-corrected chi connectivity index (χ0v) is 13.9. The van der Waals surface area contributed by atoms with Gasteiger partial charge in [-0.15, -0.1) is 0 Å². The Morgan fingerprint density at radius 1 is 1.38 bits per heavy atom. The number of benzene rings is 1. The van der Waals surface area contributed by atoms with E-state index in [4.69, 9.17) is 23.2 Å². The molecule has 0 aromatic heterocycles. The fourth-order valence-corrected chi connectivity index (χ4v) is 3.39. The van der Waals surface area contributed by atoms with Crippen LogP contribution in [0.5, 0.6) is 0 Å². The van der Waals surface area contributed by atoms with E-state index in [-0.39, 0.29) is 11.3 Å². The van der Waals surface area contributed by atoms with E-state index in [9.17, 15) is 4.79 Å². The van der Waals surface area contributed by atoms with E-state index < -0.39 is 0 Å². The fourth-order valence-electron chi connectivity index (χ4n) is 3.09. The molecule has 1 aliphatic rings. The molecule has 1 fully saturated rings. The molecule has 1 unspecified atom stereocenters. The van der Waals surface area contributed by atoms with Crippen molar-refractivity contribution in [2.24, 2.45) is 0 Å². The zero-order chi connectivity index (χ0) is 15.3. The molecule has 1 amide bonds. The molecule has 0 saturated carbocycles. The Balaban J connectivity index is 2.12. The Morgan fingerprint density at radius 2 is 2.19 bits per heavy atom. The Morgan fingerprint density at radius 3 is 2.81 bits per heavy atom. The van der Waals surface area contributed by atoms with Crippen molar-refractivity contribution in [2.45, 2.75) is 38.0 Å². The highest BCUT2D eigenvalue weighted by Gasteiger charge is 2.33. The lowest BCUT2D eigenvalue weighted by Gasteiger charge is -2.38. The van der Waals surface area contributed by atoms with Crippen LogP contribution in [0.4, 0.5) is 0 Å². The topological polar surface area (TPSA) is 41.1 Å². The van der Waals surface area contributed by atoms with Gasteiger partial charge in [-0.2, -0.15) is 0 Å². The van der Waals surface area contributed by atoms with Crippen molar-refractivity contribution in [3.8, 4) is 0 Å². The van der Waals surface area contributed by atoms with E-state index >= 15 is 0 Å². The molecule has 21 heavy (non-hydrogen) atoms. The van der Waals surface area contributed by atoms with E-state index in [1.54, 1.807) is 6.92 Å². The van der Waals surface area contributed by atoms with Gasteiger partial charge in [0.2, 0.25) is 5.91 Å². The van der Waals surface area contributed by atoms with Gasteiger partial charge >= 0.3 is 0 Å². The SMILES string of the molecule is CC(=O)NCCCC1(c2ccc(Cl)c(Cl)c2)CCCNC1. The van der Waals surface area contributed by atoms with Gasteiger partial charge in [0.05, 0.1) is 10.0 Å². The molecule has 0 spiro atoms. The first-order valence-electron chi connectivity index (χ1n) is 7.44. The maximum atomic E-state index is 11.0. The summed E-state index contributed by atoms with van der Waals surface area (Å²) < 4.78 is 0. The molecule has 1 saturated heterocycles. The second-order valence-corrected chi connectivity index (χ2v) is 6.59. The lowest BCUT2D eigenvalue weighted by molar-refractivity contribution is -0.118. The predicted octanol–water partition coefficient (Wildman–Crippen LogP) is 3.53. The third-order valence-electron chi connectivity index (χ3n) is 4.21. The van der Waals surface area contributed by atoms with Crippen molar-refractivity contribution in [1.82, 2.24) is 10.6 Å². The van der Waals surface area contributed by atoms with Gasteiger partial charge in [0.15, 0.2) is 0 Å². The third kappa shape index (κ3) is 4.35. The largest absolute Gasteiger partial charge is 0.356 e. The highest BCUT2D eigenvalue weighted by Crippen LogP contribution is 2.38. The number of halogens is 2. The maximum Gasteiger partial charge on any atom is 0.216 e. The van der Waals surface area contributed by atoms with Gasteiger partial charge in [-0.25, -0.2) is 0 Å². The van der Waals surface area contributed by atoms with Crippen LogP contribution in [-0.4, -0.2) is 25.5 Å². The number of amides is 1. The summed E-state index contributed by atoms with van der Waals surface area (Å²) in [6.45, 7) is 4.29. The van der Waals surface area contributed by atoms with Gasteiger partial charge < -0.3 is 10.6 Å². The minimum atomic E-state index is 0.0281. The number of rotatable bonds is 5. The molecule has 116 valence electrons. The van der Waals surface area contributed by atoms with Gasteiger partial charge in [-0.3, -0.25) is 4.79 Å². The van der Waals surface area contributed by atoms with Gasteiger partial charge in [-0.05, 0) is 49.9 Å². The number of hydrogen-bond acceptors (Lipinski definition) is 2. The Kier molecular flexibility index (Phi) is 5.91. The number of piperidine rings is 1. The van der Waals surface area contributed by atoms with E-state index in [0.29, 0.717) is 10.0 Å². The van der Waals surface area contributed by atoms with Crippen molar-refractivity contribution in [3.63, 3.8) is 0 Å². The van der Waals surface area contributed by atoms with Crippen LogP contribution < -0.4 is 10.6 Å². The lowest BCUT2D eigenvalue weighted by Crippen LogP contribution is -2.43. The van der Waals surface area contributed by atoms with Gasteiger partial charge in [0.25, 0.3) is 0 Å². The summed E-state index contributed by atoms with van der Waals surface area (Å²) in [5.41, 5.74) is 1.33. The van der Waals surface area contributed by atoms with E-state index in [0.717, 1.165) is 45.3 Å². The van der Waals surface area contributed by atoms with Crippen LogP contribution in [0.2, 0.25) is 10.0 Å². The highest BCUT2D eigenvalue weighted by atomic mass is 35.5. The van der Waals surface area contributed by atoms with Crippen molar-refractivity contribution in [3.05, 3.63) is 33.8 Å². The van der Waals surface area contributed by atoms with Crippen molar-refractivity contribution in [2.75, 3.05) is 19.6 Å². The number of carbonyl (C=O) groups excluding carboxylic acids is 1. The second kappa shape index (κ2) is 7.48. The number of hydrogen-bond donors (Lipinski definition) is 2. The van der Waals surface area contributed by atoms with Gasteiger partial charge in [0, 0.05) is 25.4 Å². The predicted molar refractivity (Wildman–Crippen MR) is 88.2 cm³/mol. The standard InChI is InChI=1S/C16H22Cl2N2O/c1-12(21)20-9-3-7-16(6-2-8-19-11-16)13-4-5-14(17)15(18)10-13/h4-5,10,19H,2-3,6-9,11H2,1H3,(H,20,21). The first-order chi connectivity index (χ1) is 10.0. The molecular formula is C16H22Cl2N2O. The number of carbonyl (C=O) groups is 1. The molecule has 0 aliphatic carbocycles. The highest BCUT2D eigenvalue weighted by molar-refractivity contribution is 6.42. The van der Waals surface area contributed by atoms with Crippen LogP contribution in [0.25, 0.3) is 0 Å². The Hall–Kier alpha value is -0.770. The van der Waals surface area contributed by atoms with Crippen molar-refractivity contribution < 1.29 is 4.79 Å². The smallest absolute Gasteiger partial charge is 0.216 e. The monoisotopic (exact) mass is 328 g/mol. The normalized spacial score (nSPS) is 22.0. The Bertz CT molecular complexity index is 499. The molecule has 2 N–H and O–H groups in total. The molecule has 0 radical (unpaired) electrons. The average Bonchev–Trinajstić information content (AvgIpc) is 2.47. The molecule has 2 rings (SSSR count). The summed E-state index contributed by atoms with van der Waals surface area (Å²) in [5, 5.41) is 7.57. The summed E-state index contributed by atoms with van der Waals surface area (Å²) in [5.74, 6) is 0.0281. The van der Waals surface area contributed by atoms with E-state index in [2.05, 4.69) is 16.7 Å². The maximum absolute atomic E-state index is 11.0. The van der Waals surface area contributed by atoms with Crippen LogP contribution in [0, 0.1) is 0 Å². The van der Waals surface area contributed by atoms with Crippen LogP contribution in [-0.2, 0) is 10.2 Å². The first-order valence-corrected chi connectivity index (χ1v) is 8.20.